The Morgan fingerprint density at radius 2 is 1.21 bits per heavy atom. The molecular weight excluding hydrogens is 356 g/mol. The molecule has 0 N–H and O–H groups in total. The van der Waals surface area contributed by atoms with Crippen LogP contribution >= 0.6 is 0 Å². The van der Waals surface area contributed by atoms with E-state index in [-0.39, 0.29) is 5.97 Å². The first-order valence-corrected chi connectivity index (χ1v) is 9.66. The van der Waals surface area contributed by atoms with Crippen molar-refractivity contribution in [2.45, 2.75) is 0 Å². The zero-order valence-corrected chi connectivity index (χ0v) is 15.6. The summed E-state index contributed by atoms with van der Waals surface area (Å²) in [5.74, 6) is 0.211. The molecule has 6 aromatic carbocycles. The van der Waals surface area contributed by atoms with E-state index in [2.05, 4.69) is 54.6 Å². The number of carbonyl (C=O) groups is 1. The molecule has 0 bridgehead atoms. The molecular formula is C27H16O2. The molecule has 0 atom stereocenters. The fraction of sp³-hybridized carbons (Fsp3) is 0. The van der Waals surface area contributed by atoms with Crippen LogP contribution in [-0.2, 0) is 0 Å². The maximum absolute atomic E-state index is 12.5. The summed E-state index contributed by atoms with van der Waals surface area (Å²) >= 11 is 0. The largest absolute Gasteiger partial charge is 0.423 e. The van der Waals surface area contributed by atoms with Gasteiger partial charge in [-0.15, -0.1) is 0 Å². The first kappa shape index (κ1) is 16.1. The molecule has 2 heteroatoms. The molecule has 136 valence electrons. The van der Waals surface area contributed by atoms with E-state index >= 15 is 0 Å². The van der Waals surface area contributed by atoms with Gasteiger partial charge in [-0.25, -0.2) is 4.79 Å². The summed E-state index contributed by atoms with van der Waals surface area (Å²) in [5.41, 5.74) is 0.544. The van der Waals surface area contributed by atoms with Crippen LogP contribution in [-0.4, -0.2) is 5.97 Å². The van der Waals surface area contributed by atoms with Gasteiger partial charge in [0.05, 0.1) is 5.56 Å². The maximum atomic E-state index is 12.5. The number of hydrogen-bond donors (Lipinski definition) is 0. The summed E-state index contributed by atoms with van der Waals surface area (Å²) in [7, 11) is 0. The van der Waals surface area contributed by atoms with Gasteiger partial charge >= 0.3 is 5.97 Å². The van der Waals surface area contributed by atoms with Gasteiger partial charge in [-0.3, -0.25) is 0 Å². The standard InChI is InChI=1S/C27H16O2/c28-27(19-6-2-1-3-7-19)29-20-14-15-21-22-10-4-8-17-12-13-18-9-5-11-23(24(21)16-20)26(18)25(17)22/h1-16H. The van der Waals surface area contributed by atoms with Crippen molar-refractivity contribution in [1.82, 2.24) is 0 Å². The Kier molecular flexibility index (Phi) is 3.35. The van der Waals surface area contributed by atoms with Crippen molar-refractivity contribution in [3.05, 3.63) is 103 Å². The molecule has 0 unspecified atom stereocenters. The molecule has 0 aliphatic rings. The second-order valence-electron chi connectivity index (χ2n) is 7.34. The van der Waals surface area contributed by atoms with E-state index in [4.69, 9.17) is 4.74 Å². The van der Waals surface area contributed by atoms with Crippen LogP contribution in [0.2, 0.25) is 0 Å². The second kappa shape index (κ2) is 6.05. The van der Waals surface area contributed by atoms with Crippen molar-refractivity contribution in [1.29, 1.82) is 0 Å². The molecule has 0 heterocycles. The summed E-state index contributed by atoms with van der Waals surface area (Å²) in [5, 5.41) is 9.69. The minimum absolute atomic E-state index is 0.345. The summed E-state index contributed by atoms with van der Waals surface area (Å²) in [6.45, 7) is 0. The van der Waals surface area contributed by atoms with Crippen molar-refractivity contribution in [2.24, 2.45) is 0 Å². The smallest absolute Gasteiger partial charge is 0.343 e. The molecule has 0 amide bonds. The van der Waals surface area contributed by atoms with E-state index in [9.17, 15) is 4.79 Å². The summed E-state index contributed by atoms with van der Waals surface area (Å²) in [4.78, 5) is 12.5. The topological polar surface area (TPSA) is 26.3 Å². The van der Waals surface area contributed by atoms with Crippen LogP contribution < -0.4 is 4.74 Å². The molecule has 0 fully saturated rings. The number of ether oxygens (including phenoxy) is 1. The molecule has 0 aliphatic heterocycles. The maximum Gasteiger partial charge on any atom is 0.343 e. The third-order valence-electron chi connectivity index (χ3n) is 5.68. The van der Waals surface area contributed by atoms with Gasteiger partial charge in [0.25, 0.3) is 0 Å². The average Bonchev–Trinajstić information content (AvgIpc) is 2.78. The number of rotatable bonds is 2. The summed E-state index contributed by atoms with van der Waals surface area (Å²) in [6, 6.07) is 32.2. The van der Waals surface area contributed by atoms with Crippen molar-refractivity contribution < 1.29 is 9.53 Å². The highest BCUT2D eigenvalue weighted by molar-refractivity contribution is 6.33. The van der Waals surface area contributed by atoms with E-state index in [1.165, 1.54) is 37.7 Å². The van der Waals surface area contributed by atoms with Crippen LogP contribution in [0.25, 0.3) is 43.1 Å². The lowest BCUT2D eigenvalue weighted by Gasteiger charge is -2.15. The van der Waals surface area contributed by atoms with Crippen LogP contribution in [0.3, 0.4) is 0 Å². The van der Waals surface area contributed by atoms with Crippen molar-refractivity contribution in [3.63, 3.8) is 0 Å². The van der Waals surface area contributed by atoms with Crippen LogP contribution in [0.1, 0.15) is 10.4 Å². The lowest BCUT2D eigenvalue weighted by molar-refractivity contribution is 0.0735. The minimum atomic E-state index is -0.345. The van der Waals surface area contributed by atoms with Crippen LogP contribution in [0.15, 0.2) is 97.1 Å². The molecule has 6 rings (SSSR count). The summed E-state index contributed by atoms with van der Waals surface area (Å²) < 4.78 is 5.68. The number of benzene rings is 6. The fourth-order valence-electron chi connectivity index (χ4n) is 4.39. The Labute approximate surface area is 167 Å². The highest BCUT2D eigenvalue weighted by Crippen LogP contribution is 2.41. The van der Waals surface area contributed by atoms with Crippen LogP contribution in [0, 0.1) is 0 Å². The minimum Gasteiger partial charge on any atom is -0.423 e. The van der Waals surface area contributed by atoms with Crippen LogP contribution in [0.4, 0.5) is 0 Å². The Balaban J connectivity index is 1.62. The zero-order valence-electron chi connectivity index (χ0n) is 15.6. The average molecular weight is 372 g/mol. The van der Waals surface area contributed by atoms with E-state index < -0.39 is 0 Å². The van der Waals surface area contributed by atoms with Gasteiger partial charge < -0.3 is 4.74 Å². The SMILES string of the molecule is O=C(Oc1ccc2c(c1)c1cccc3ccc4cccc2c4c31)c1ccccc1. The molecule has 0 aromatic heterocycles. The van der Waals surface area contributed by atoms with Gasteiger partial charge in [0.15, 0.2) is 0 Å². The van der Waals surface area contributed by atoms with Gasteiger partial charge in [0.2, 0.25) is 0 Å². The lowest BCUT2D eigenvalue weighted by Crippen LogP contribution is -2.08. The van der Waals surface area contributed by atoms with Gasteiger partial charge in [-0.05, 0) is 67.4 Å². The van der Waals surface area contributed by atoms with Gasteiger partial charge in [0, 0.05) is 0 Å². The molecule has 0 saturated carbocycles. The fourth-order valence-corrected chi connectivity index (χ4v) is 4.39. The molecule has 0 saturated heterocycles. The number of hydrogen-bond acceptors (Lipinski definition) is 2. The molecule has 0 spiro atoms. The quantitative estimate of drug-likeness (QED) is 0.142. The van der Waals surface area contributed by atoms with E-state index in [1.54, 1.807) is 12.1 Å². The molecule has 6 aromatic rings. The highest BCUT2D eigenvalue weighted by Gasteiger charge is 2.14. The Morgan fingerprint density at radius 3 is 1.90 bits per heavy atom. The van der Waals surface area contributed by atoms with E-state index in [0.29, 0.717) is 11.3 Å². The van der Waals surface area contributed by atoms with Crippen LogP contribution in [0.5, 0.6) is 5.75 Å². The van der Waals surface area contributed by atoms with Crippen molar-refractivity contribution in [2.75, 3.05) is 0 Å². The summed E-state index contributed by atoms with van der Waals surface area (Å²) in [6.07, 6.45) is 0. The second-order valence-corrected chi connectivity index (χ2v) is 7.34. The first-order chi connectivity index (χ1) is 14.3. The molecule has 29 heavy (non-hydrogen) atoms. The third kappa shape index (κ3) is 2.39. The number of esters is 1. The number of fused-ring (bicyclic) bond motifs is 3. The van der Waals surface area contributed by atoms with Crippen molar-refractivity contribution in [3.8, 4) is 5.75 Å². The monoisotopic (exact) mass is 372 g/mol. The Morgan fingerprint density at radius 1 is 0.552 bits per heavy atom. The molecule has 0 radical (unpaired) electrons. The zero-order chi connectivity index (χ0) is 19.4. The third-order valence-corrected chi connectivity index (χ3v) is 5.68. The normalized spacial score (nSPS) is 11.6. The van der Waals surface area contributed by atoms with Crippen molar-refractivity contribution >= 4 is 49.1 Å². The van der Waals surface area contributed by atoms with Gasteiger partial charge in [-0.2, -0.15) is 0 Å². The Bertz CT molecular complexity index is 1530. The van der Waals surface area contributed by atoms with Gasteiger partial charge in [0.1, 0.15) is 5.75 Å². The number of carbonyl (C=O) groups excluding carboxylic acids is 1. The highest BCUT2D eigenvalue weighted by atomic mass is 16.5. The van der Waals surface area contributed by atoms with Gasteiger partial charge in [-0.1, -0.05) is 72.8 Å². The predicted octanol–water partition coefficient (Wildman–Crippen LogP) is 6.96. The van der Waals surface area contributed by atoms with E-state index in [1.807, 2.05) is 30.3 Å². The van der Waals surface area contributed by atoms with E-state index in [0.717, 1.165) is 5.39 Å². The Hall–Kier alpha value is -3.91. The molecule has 0 aliphatic carbocycles. The first-order valence-electron chi connectivity index (χ1n) is 9.66. The lowest BCUT2D eigenvalue weighted by atomic mass is 9.89. The molecule has 2 nitrogen and oxygen atoms in total. The predicted molar refractivity (Wildman–Crippen MR) is 119 cm³/mol.